The molecule has 0 spiro atoms. The molecule has 3 aromatic rings. The molecule has 33 heavy (non-hydrogen) atoms. The first-order chi connectivity index (χ1) is 15.5. The molecule has 0 amide bonds. The van der Waals surface area contributed by atoms with Crippen molar-refractivity contribution in [2.45, 2.75) is 44.9 Å². The van der Waals surface area contributed by atoms with Crippen molar-refractivity contribution in [3.63, 3.8) is 0 Å². The van der Waals surface area contributed by atoms with Crippen molar-refractivity contribution >= 4 is 5.57 Å². The van der Waals surface area contributed by atoms with Gasteiger partial charge in [-0.2, -0.15) is 13.2 Å². The molecule has 9 heteroatoms. The normalized spacial score (nSPS) is 16.5. The summed E-state index contributed by atoms with van der Waals surface area (Å²) < 4.78 is 55.3. The average molecular weight is 459 g/mol. The van der Waals surface area contributed by atoms with Gasteiger partial charge in [0.05, 0.1) is 17.1 Å². The zero-order chi connectivity index (χ0) is 23.8. The number of halogens is 4. The molecule has 174 valence electrons. The summed E-state index contributed by atoms with van der Waals surface area (Å²) in [5.41, 5.74) is 1.32. The van der Waals surface area contributed by atoms with Gasteiger partial charge >= 0.3 is 6.18 Å². The predicted octanol–water partition coefficient (Wildman–Crippen LogP) is 5.46. The Morgan fingerprint density at radius 1 is 1.00 bits per heavy atom. The van der Waals surface area contributed by atoms with Crippen LogP contribution in [0.1, 0.15) is 55.7 Å². The van der Waals surface area contributed by atoms with Crippen LogP contribution in [0.3, 0.4) is 0 Å². The highest BCUT2D eigenvalue weighted by Crippen LogP contribution is 2.36. The first kappa shape index (κ1) is 23.1. The molecular weight excluding hydrogens is 434 g/mol. The number of hydrogen-bond acceptors (Lipinski definition) is 4. The Hall–Kier alpha value is -3.07. The first-order valence-corrected chi connectivity index (χ1v) is 10.7. The molecule has 1 aromatic heterocycles. The van der Waals surface area contributed by atoms with Crippen LogP contribution in [0.5, 0.6) is 0 Å². The van der Waals surface area contributed by atoms with Crippen LogP contribution in [0.15, 0.2) is 54.6 Å². The van der Waals surface area contributed by atoms with Gasteiger partial charge in [-0.1, -0.05) is 30.3 Å². The van der Waals surface area contributed by atoms with E-state index in [9.17, 15) is 17.6 Å². The van der Waals surface area contributed by atoms with Gasteiger partial charge in [-0.05, 0) is 78.6 Å². The van der Waals surface area contributed by atoms with Crippen LogP contribution in [-0.4, -0.2) is 38.2 Å². The second kappa shape index (κ2) is 8.70. The molecule has 4 rings (SSSR count). The lowest BCUT2D eigenvalue weighted by Gasteiger charge is -2.35. The summed E-state index contributed by atoms with van der Waals surface area (Å²) in [5, 5.41) is 12.2. The predicted molar refractivity (Wildman–Crippen MR) is 117 cm³/mol. The molecule has 0 bridgehead atoms. The summed E-state index contributed by atoms with van der Waals surface area (Å²) in [7, 11) is 0. The Kier molecular flexibility index (Phi) is 6.09. The van der Waals surface area contributed by atoms with Gasteiger partial charge in [-0.25, -0.2) is 9.07 Å². The van der Waals surface area contributed by atoms with Gasteiger partial charge in [0.25, 0.3) is 0 Å². The molecule has 1 unspecified atom stereocenters. The number of hydrogen-bond donors (Lipinski definition) is 0. The summed E-state index contributed by atoms with van der Waals surface area (Å²) in [6.45, 7) is 6.90. The molecule has 0 saturated heterocycles. The van der Waals surface area contributed by atoms with Gasteiger partial charge in [-0.3, -0.25) is 4.90 Å². The minimum Gasteiger partial charge on any atom is -0.286 e. The van der Waals surface area contributed by atoms with E-state index >= 15 is 0 Å². The number of alkyl halides is 3. The van der Waals surface area contributed by atoms with Gasteiger partial charge in [0.1, 0.15) is 5.82 Å². The Morgan fingerprint density at radius 2 is 1.73 bits per heavy atom. The standard InChI is InChI=1S/C24H25F4N5/c1-23(2,3)33-22(29-30-31-33)21(18-5-4-6-19(15-18)24(26,27)28)32-13-11-17(12-14-32)16-7-9-20(25)10-8-16/h4-11,15,21H,12-14H2,1-3H3. The van der Waals surface area contributed by atoms with Crippen molar-refractivity contribution < 1.29 is 17.6 Å². The zero-order valence-corrected chi connectivity index (χ0v) is 18.6. The lowest BCUT2D eigenvalue weighted by molar-refractivity contribution is -0.137. The number of rotatable bonds is 4. The fourth-order valence-electron chi connectivity index (χ4n) is 4.10. The molecule has 1 aliphatic heterocycles. The van der Waals surface area contributed by atoms with Crippen LogP contribution in [0.2, 0.25) is 0 Å². The third kappa shape index (κ3) is 4.98. The minimum atomic E-state index is -4.45. The van der Waals surface area contributed by atoms with Gasteiger partial charge in [0.15, 0.2) is 5.82 Å². The largest absolute Gasteiger partial charge is 0.416 e. The maximum atomic E-state index is 13.5. The van der Waals surface area contributed by atoms with Crippen molar-refractivity contribution in [1.29, 1.82) is 0 Å². The molecule has 1 atom stereocenters. The summed E-state index contributed by atoms with van der Waals surface area (Å²) in [5.74, 6) is 0.191. The van der Waals surface area contributed by atoms with Crippen molar-refractivity contribution in [1.82, 2.24) is 25.1 Å². The van der Waals surface area contributed by atoms with Gasteiger partial charge in [0.2, 0.25) is 0 Å². The number of benzene rings is 2. The Balaban J connectivity index is 1.74. The average Bonchev–Trinajstić information content (AvgIpc) is 3.25. The molecule has 2 aromatic carbocycles. The summed E-state index contributed by atoms with van der Waals surface area (Å²) in [4.78, 5) is 2.07. The van der Waals surface area contributed by atoms with Gasteiger partial charge < -0.3 is 0 Å². The van der Waals surface area contributed by atoms with E-state index in [2.05, 4.69) is 20.4 Å². The molecule has 1 aliphatic rings. The highest BCUT2D eigenvalue weighted by atomic mass is 19.4. The van der Waals surface area contributed by atoms with Crippen molar-refractivity contribution in [2.75, 3.05) is 13.1 Å². The van der Waals surface area contributed by atoms with Crippen LogP contribution < -0.4 is 0 Å². The van der Waals surface area contributed by atoms with Crippen molar-refractivity contribution in [2.24, 2.45) is 0 Å². The van der Waals surface area contributed by atoms with E-state index in [1.807, 2.05) is 26.8 Å². The van der Waals surface area contributed by atoms with Crippen LogP contribution in [-0.2, 0) is 11.7 Å². The highest BCUT2D eigenvalue weighted by molar-refractivity contribution is 5.66. The number of nitrogens with zero attached hydrogens (tertiary/aromatic N) is 5. The van der Waals surface area contributed by atoms with E-state index in [1.165, 1.54) is 24.3 Å². The third-order valence-electron chi connectivity index (χ3n) is 5.72. The van der Waals surface area contributed by atoms with E-state index in [4.69, 9.17) is 0 Å². The van der Waals surface area contributed by atoms with Gasteiger partial charge in [-0.15, -0.1) is 5.10 Å². The molecule has 0 N–H and O–H groups in total. The van der Waals surface area contributed by atoms with E-state index in [0.29, 0.717) is 30.9 Å². The highest BCUT2D eigenvalue weighted by Gasteiger charge is 2.35. The minimum absolute atomic E-state index is 0.296. The van der Waals surface area contributed by atoms with Crippen LogP contribution in [0.25, 0.3) is 5.57 Å². The fourth-order valence-corrected chi connectivity index (χ4v) is 4.10. The van der Waals surface area contributed by atoms with Crippen molar-refractivity contribution in [3.8, 4) is 0 Å². The fraction of sp³-hybridized carbons (Fsp3) is 0.375. The zero-order valence-electron chi connectivity index (χ0n) is 18.6. The quantitative estimate of drug-likeness (QED) is 0.486. The van der Waals surface area contributed by atoms with Crippen LogP contribution in [0.4, 0.5) is 17.6 Å². The summed E-state index contributed by atoms with van der Waals surface area (Å²) >= 11 is 0. The maximum Gasteiger partial charge on any atom is 0.416 e. The van der Waals surface area contributed by atoms with E-state index in [-0.39, 0.29) is 5.82 Å². The van der Waals surface area contributed by atoms with E-state index in [0.717, 1.165) is 17.2 Å². The molecular formula is C24H25F4N5. The summed E-state index contributed by atoms with van der Waals surface area (Å²) in [6, 6.07) is 11.1. The second-order valence-electron chi connectivity index (χ2n) is 9.13. The van der Waals surface area contributed by atoms with Crippen LogP contribution in [0, 0.1) is 5.82 Å². The summed E-state index contributed by atoms with van der Waals surface area (Å²) in [6.07, 6.45) is -1.76. The Morgan fingerprint density at radius 3 is 2.33 bits per heavy atom. The monoisotopic (exact) mass is 459 g/mol. The lowest BCUT2D eigenvalue weighted by atomic mass is 9.95. The van der Waals surface area contributed by atoms with Gasteiger partial charge in [0, 0.05) is 13.1 Å². The number of tetrazole rings is 1. The lowest BCUT2D eigenvalue weighted by Crippen LogP contribution is -2.37. The SMILES string of the molecule is CC(C)(C)n1nnnc1C(c1cccc(C(F)(F)F)c1)N1CC=C(c2ccc(F)cc2)CC1. The Labute approximate surface area is 189 Å². The molecule has 5 nitrogen and oxygen atoms in total. The molecule has 0 radical (unpaired) electrons. The molecule has 0 fully saturated rings. The van der Waals surface area contributed by atoms with Crippen molar-refractivity contribution in [3.05, 3.63) is 82.9 Å². The van der Waals surface area contributed by atoms with E-state index in [1.54, 1.807) is 22.9 Å². The maximum absolute atomic E-state index is 13.5. The molecule has 2 heterocycles. The topological polar surface area (TPSA) is 46.8 Å². The molecule has 0 saturated carbocycles. The number of aromatic nitrogens is 4. The molecule has 0 aliphatic carbocycles. The third-order valence-corrected chi connectivity index (χ3v) is 5.72. The van der Waals surface area contributed by atoms with E-state index < -0.39 is 23.3 Å². The van der Waals surface area contributed by atoms with Crippen LogP contribution >= 0.6 is 0 Å². The Bertz CT molecular complexity index is 1140. The second-order valence-corrected chi connectivity index (χ2v) is 9.13. The smallest absolute Gasteiger partial charge is 0.286 e. The first-order valence-electron chi connectivity index (χ1n) is 10.7.